The fourth-order valence-electron chi connectivity index (χ4n) is 3.48. The lowest BCUT2D eigenvalue weighted by molar-refractivity contribution is -0.160. The first-order chi connectivity index (χ1) is 18.0. The van der Waals surface area contributed by atoms with Gasteiger partial charge in [0.1, 0.15) is 33.4 Å². The van der Waals surface area contributed by atoms with E-state index in [4.69, 9.17) is 9.57 Å². The number of carbonyl (C=O) groups excluding carboxylic acids is 3. The third-order valence-electron chi connectivity index (χ3n) is 4.97. The molecule has 0 aromatic carbocycles. The zero-order chi connectivity index (χ0) is 27.4. The Balaban J connectivity index is 1.44. The molecule has 0 saturated carbocycles. The van der Waals surface area contributed by atoms with Gasteiger partial charge in [0.2, 0.25) is 6.61 Å². The molecule has 2 atom stereocenters. The minimum atomic E-state index is -1.23. The molecule has 2 aliphatic rings. The van der Waals surface area contributed by atoms with Gasteiger partial charge in [-0.15, -0.1) is 28.2 Å². The summed E-state index contributed by atoms with van der Waals surface area (Å²) in [5.74, 6) is -2.57. The van der Waals surface area contributed by atoms with Crippen molar-refractivity contribution in [2.75, 3.05) is 18.1 Å². The van der Waals surface area contributed by atoms with Crippen LogP contribution in [0.1, 0.15) is 26.5 Å². The highest BCUT2D eigenvalue weighted by molar-refractivity contribution is 8.01. The summed E-state index contributed by atoms with van der Waals surface area (Å²) in [5, 5.41) is 27.9. The molecule has 1 fully saturated rings. The lowest BCUT2D eigenvalue weighted by Crippen LogP contribution is -2.71. The quantitative estimate of drug-likeness (QED) is 0.118. The van der Waals surface area contributed by atoms with Crippen LogP contribution in [0.2, 0.25) is 0 Å². The molecule has 4 heterocycles. The monoisotopic (exact) mass is 581 g/mol. The first-order valence-electron chi connectivity index (χ1n) is 11.0. The van der Waals surface area contributed by atoms with E-state index in [0.717, 1.165) is 0 Å². The fourth-order valence-corrected chi connectivity index (χ4v) is 6.29. The van der Waals surface area contributed by atoms with Crippen LogP contribution in [0.15, 0.2) is 38.5 Å². The van der Waals surface area contributed by atoms with Gasteiger partial charge in [-0.05, 0) is 26.3 Å². The van der Waals surface area contributed by atoms with E-state index in [1.807, 2.05) is 0 Å². The molecular weight excluding hydrogens is 558 g/mol. The van der Waals surface area contributed by atoms with Gasteiger partial charge in [-0.3, -0.25) is 14.5 Å². The Bertz CT molecular complexity index is 1270. The molecule has 0 radical (unpaired) electrons. The number of esters is 1. The largest absolute Gasteiger partial charge is 0.477 e. The van der Waals surface area contributed by atoms with Crippen molar-refractivity contribution in [2.45, 2.75) is 42.8 Å². The molecular formula is C21H23N7O7S3. The van der Waals surface area contributed by atoms with Gasteiger partial charge in [0.25, 0.3) is 11.8 Å². The summed E-state index contributed by atoms with van der Waals surface area (Å²) in [6, 6.07) is -0.985. The van der Waals surface area contributed by atoms with Crippen molar-refractivity contribution in [1.29, 1.82) is 0 Å². The molecule has 0 aliphatic carbocycles. The van der Waals surface area contributed by atoms with E-state index in [-0.39, 0.29) is 17.1 Å². The number of thioether (sulfide) groups is 2. The number of nitrogens with one attached hydrogen (secondary N) is 2. The third kappa shape index (κ3) is 6.33. The zero-order valence-electron chi connectivity index (χ0n) is 20.4. The number of nitrogens with zero attached hydrogens (tertiary/aromatic N) is 5. The van der Waals surface area contributed by atoms with Gasteiger partial charge in [0.15, 0.2) is 5.71 Å². The number of oxime groups is 1. The lowest BCUT2D eigenvalue weighted by atomic mass is 10.0. The summed E-state index contributed by atoms with van der Waals surface area (Å²) < 4.78 is 5.15. The van der Waals surface area contributed by atoms with E-state index in [2.05, 4.69) is 30.9 Å². The number of thiazole rings is 1. The van der Waals surface area contributed by atoms with Crippen molar-refractivity contribution in [3.05, 3.63) is 34.1 Å². The summed E-state index contributed by atoms with van der Waals surface area (Å²) in [6.07, 6.45) is 1.52. The van der Waals surface area contributed by atoms with Gasteiger partial charge in [0.05, 0.1) is 11.7 Å². The van der Waals surface area contributed by atoms with Crippen LogP contribution >= 0.6 is 34.9 Å². The molecule has 1 saturated heterocycles. The van der Waals surface area contributed by atoms with Crippen LogP contribution in [0, 0.1) is 0 Å². The number of fused-ring (bicyclic) bond motifs is 1. The lowest BCUT2D eigenvalue weighted by Gasteiger charge is -2.49. The first kappa shape index (κ1) is 27.6. The van der Waals surface area contributed by atoms with Crippen LogP contribution in [0.3, 0.4) is 0 Å². The summed E-state index contributed by atoms with van der Waals surface area (Å²) in [7, 11) is 0. The van der Waals surface area contributed by atoms with Crippen LogP contribution in [0.5, 0.6) is 0 Å². The highest BCUT2D eigenvalue weighted by Gasteiger charge is 2.54. The van der Waals surface area contributed by atoms with E-state index in [1.165, 1.54) is 51.5 Å². The summed E-state index contributed by atoms with van der Waals surface area (Å²) in [5.41, 5.74) is 1.18. The number of carbonyl (C=O) groups is 4. The second-order valence-electron chi connectivity index (χ2n) is 8.89. The zero-order valence-corrected chi connectivity index (χ0v) is 22.8. The van der Waals surface area contributed by atoms with Crippen LogP contribution in [-0.4, -0.2) is 95.0 Å². The fraction of sp³-hybridized carbons (Fsp3) is 0.429. The number of H-pyrrole nitrogens is 1. The number of β-lactam (4-membered cyclic amide) rings is 1. The molecule has 2 aliphatic heterocycles. The van der Waals surface area contributed by atoms with E-state index >= 15 is 0 Å². The van der Waals surface area contributed by atoms with Crippen LogP contribution in [0.25, 0.3) is 0 Å². The standard InChI is InChI=1S/C21H23N7O7S3/c1-21(2,3)35-13(29)5-34-26-14(11-8-36-9-22-11)17(30)24-15-18(31)28-16(20(32)33)10(7-38-19(15)28)6-37-12-4-23-27-25-12/h4,8-9,15,19H,5-7H2,1-3H3,(H,24,30)(H,32,33)(H,23,25,27)/b26-14-/t15?,19-/m1/s1. The van der Waals surface area contributed by atoms with Crippen molar-refractivity contribution in [2.24, 2.45) is 5.16 Å². The number of aromatic amines is 1. The molecule has 0 bridgehead atoms. The molecule has 202 valence electrons. The molecule has 2 aromatic rings. The predicted octanol–water partition coefficient (Wildman–Crippen LogP) is 0.855. The Morgan fingerprint density at radius 1 is 1.37 bits per heavy atom. The number of hydrogen-bond donors (Lipinski definition) is 3. The van der Waals surface area contributed by atoms with E-state index < -0.39 is 47.4 Å². The summed E-state index contributed by atoms with van der Waals surface area (Å²) >= 11 is 3.85. The van der Waals surface area contributed by atoms with E-state index in [1.54, 1.807) is 26.2 Å². The number of ether oxygens (including phenoxy) is 1. The Labute approximate surface area is 228 Å². The van der Waals surface area contributed by atoms with Gasteiger partial charge in [0, 0.05) is 16.9 Å². The molecule has 3 N–H and O–H groups in total. The minimum absolute atomic E-state index is 0.102. The van der Waals surface area contributed by atoms with Crippen LogP contribution in [0.4, 0.5) is 0 Å². The first-order valence-corrected chi connectivity index (χ1v) is 14.0. The molecule has 4 rings (SSSR count). The number of aromatic nitrogens is 4. The van der Waals surface area contributed by atoms with Gasteiger partial charge in [-0.25, -0.2) is 14.6 Å². The van der Waals surface area contributed by atoms with Gasteiger partial charge < -0.3 is 20.0 Å². The molecule has 0 spiro atoms. The second kappa shape index (κ2) is 11.5. The molecule has 2 aromatic heterocycles. The number of carboxylic acids is 1. The SMILES string of the molecule is CC(C)(C)OC(=O)CO/N=C(\C(=O)NC1C(=O)N2C(C(=O)O)=C(CSc3cn[nH]n3)CS[C@H]12)c1cscn1. The number of carboxylic acid groups (broad SMARTS) is 1. The average Bonchev–Trinajstić information content (AvgIpc) is 3.56. The third-order valence-corrected chi connectivity index (χ3v) is 7.88. The highest BCUT2D eigenvalue weighted by Crippen LogP contribution is 2.41. The van der Waals surface area contributed by atoms with Gasteiger partial charge >= 0.3 is 11.9 Å². The maximum absolute atomic E-state index is 13.1. The normalized spacial score (nSPS) is 19.5. The summed E-state index contributed by atoms with van der Waals surface area (Å²) in [4.78, 5) is 60.3. The molecule has 17 heteroatoms. The summed E-state index contributed by atoms with van der Waals surface area (Å²) in [6.45, 7) is 4.57. The van der Waals surface area contributed by atoms with Crippen molar-refractivity contribution in [1.82, 2.24) is 30.6 Å². The van der Waals surface area contributed by atoms with Crippen molar-refractivity contribution < 1.29 is 33.9 Å². The van der Waals surface area contributed by atoms with Crippen molar-refractivity contribution in [3.8, 4) is 0 Å². The Hall–Kier alpha value is -3.44. The topological polar surface area (TPSA) is 189 Å². The maximum atomic E-state index is 13.1. The predicted molar refractivity (Wildman–Crippen MR) is 137 cm³/mol. The van der Waals surface area contributed by atoms with Crippen molar-refractivity contribution in [3.63, 3.8) is 0 Å². The molecule has 38 heavy (non-hydrogen) atoms. The number of hydrogen-bond acceptors (Lipinski definition) is 13. The Morgan fingerprint density at radius 2 is 2.16 bits per heavy atom. The smallest absolute Gasteiger partial charge is 0.352 e. The highest BCUT2D eigenvalue weighted by atomic mass is 32.2. The van der Waals surface area contributed by atoms with Crippen molar-refractivity contribution >= 4 is 64.3 Å². The van der Waals surface area contributed by atoms with Gasteiger partial charge in [-0.1, -0.05) is 16.9 Å². The molecule has 2 amide bonds. The molecule has 1 unspecified atom stereocenters. The Kier molecular flexibility index (Phi) is 8.37. The number of rotatable bonds is 10. The maximum Gasteiger partial charge on any atom is 0.352 e. The van der Waals surface area contributed by atoms with E-state index in [9.17, 15) is 24.3 Å². The minimum Gasteiger partial charge on any atom is -0.477 e. The molecule has 14 nitrogen and oxygen atoms in total. The van der Waals surface area contributed by atoms with Crippen LogP contribution < -0.4 is 5.32 Å². The average molecular weight is 582 g/mol. The van der Waals surface area contributed by atoms with Crippen LogP contribution in [-0.2, 0) is 28.8 Å². The Morgan fingerprint density at radius 3 is 2.79 bits per heavy atom. The van der Waals surface area contributed by atoms with E-state index in [0.29, 0.717) is 22.1 Å². The number of aliphatic carboxylic acids is 1. The van der Waals surface area contributed by atoms with Gasteiger partial charge in [-0.2, -0.15) is 10.3 Å². The number of amides is 2. The second-order valence-corrected chi connectivity index (χ2v) is 11.7.